The molecule has 1 aliphatic rings. The molecule has 0 radical (unpaired) electrons. The van der Waals surface area contributed by atoms with Crippen LogP contribution in [0.2, 0.25) is 5.02 Å². The highest BCUT2D eigenvalue weighted by molar-refractivity contribution is 7.99. The number of hydrogen-bond donors (Lipinski definition) is 1. The summed E-state index contributed by atoms with van der Waals surface area (Å²) in [6.07, 6.45) is 4.61. The van der Waals surface area contributed by atoms with E-state index in [0.29, 0.717) is 21.8 Å². The first-order chi connectivity index (χ1) is 12.5. The summed E-state index contributed by atoms with van der Waals surface area (Å²) in [6, 6.07) is 5.32. The maximum absolute atomic E-state index is 12.3. The van der Waals surface area contributed by atoms with E-state index >= 15 is 0 Å². The van der Waals surface area contributed by atoms with E-state index in [9.17, 15) is 4.79 Å². The van der Waals surface area contributed by atoms with Crippen LogP contribution >= 0.6 is 23.4 Å². The van der Waals surface area contributed by atoms with Crippen molar-refractivity contribution < 1.29 is 9.53 Å². The molecule has 1 aromatic carbocycles. The molecule has 1 fully saturated rings. The molecule has 2 atom stereocenters. The maximum Gasteiger partial charge on any atom is 0.250 e. The normalized spacial score (nSPS) is 20.1. The number of hydrogen-bond acceptors (Lipinski definition) is 6. The predicted octanol–water partition coefficient (Wildman–Crippen LogP) is 3.55. The summed E-state index contributed by atoms with van der Waals surface area (Å²) in [5.74, 6) is 0.469. The van der Waals surface area contributed by atoms with E-state index in [-0.39, 0.29) is 18.6 Å². The van der Waals surface area contributed by atoms with Gasteiger partial charge in [-0.1, -0.05) is 31.4 Å². The van der Waals surface area contributed by atoms with Gasteiger partial charge in [-0.2, -0.15) is 0 Å². The van der Waals surface area contributed by atoms with Gasteiger partial charge in [0.1, 0.15) is 6.61 Å². The molecule has 1 heterocycles. The number of benzene rings is 1. The van der Waals surface area contributed by atoms with Gasteiger partial charge in [-0.05, 0) is 59.1 Å². The van der Waals surface area contributed by atoms with Crippen LogP contribution in [0.5, 0.6) is 0 Å². The second-order valence-corrected chi connectivity index (χ2v) is 8.03. The summed E-state index contributed by atoms with van der Waals surface area (Å²) in [5, 5.41) is 15.4. The average Bonchev–Trinajstić information content (AvgIpc) is 3.00. The van der Waals surface area contributed by atoms with E-state index in [1.807, 2.05) is 6.07 Å². The molecule has 9 heteroatoms. The van der Waals surface area contributed by atoms with Crippen LogP contribution in [-0.2, 0) is 16.6 Å². The second-order valence-electron chi connectivity index (χ2n) is 6.58. The van der Waals surface area contributed by atoms with Gasteiger partial charge < -0.3 is 10.1 Å². The fraction of sp³-hybridized carbons (Fsp3) is 0.529. The Balaban J connectivity index is 1.61. The summed E-state index contributed by atoms with van der Waals surface area (Å²) in [5.41, 5.74) is 0.621. The minimum absolute atomic E-state index is 0.0412. The molecule has 7 nitrogen and oxygen atoms in total. The van der Waals surface area contributed by atoms with Gasteiger partial charge in [0.25, 0.3) is 0 Å². The third kappa shape index (κ3) is 5.18. The fourth-order valence-electron chi connectivity index (χ4n) is 3.00. The molecular weight excluding hydrogens is 374 g/mol. The van der Waals surface area contributed by atoms with E-state index in [0.717, 1.165) is 24.2 Å². The number of anilines is 1. The van der Waals surface area contributed by atoms with Crippen LogP contribution < -0.4 is 5.32 Å². The highest BCUT2D eigenvalue weighted by Crippen LogP contribution is 2.33. The van der Waals surface area contributed by atoms with Gasteiger partial charge in [0.05, 0.1) is 11.8 Å². The standard InChI is InChI=1S/C17H22ClN5O2S/c1-11-4-3-5-13(8-11)25-10-16(24)19-14-9-12(18)6-7-15(14)26-17-20-21-22-23(17)2/h6-7,9,11,13H,3-5,8,10H2,1-2H3,(H,19,24). The molecule has 1 aromatic heterocycles. The number of aromatic nitrogens is 4. The zero-order valence-electron chi connectivity index (χ0n) is 14.8. The number of nitrogens with zero attached hydrogens (tertiary/aromatic N) is 4. The Morgan fingerprint density at radius 1 is 1.46 bits per heavy atom. The molecule has 1 saturated carbocycles. The van der Waals surface area contributed by atoms with Crippen molar-refractivity contribution in [3.05, 3.63) is 23.2 Å². The minimum atomic E-state index is -0.191. The van der Waals surface area contributed by atoms with E-state index in [1.165, 1.54) is 18.2 Å². The molecule has 2 aromatic rings. The van der Waals surface area contributed by atoms with Crippen molar-refractivity contribution in [3.63, 3.8) is 0 Å². The third-order valence-corrected chi connectivity index (χ3v) is 5.68. The summed E-state index contributed by atoms with van der Waals surface area (Å²) in [7, 11) is 1.76. The number of carbonyl (C=O) groups excluding carboxylic acids is 1. The van der Waals surface area contributed by atoms with E-state index < -0.39 is 0 Å². The zero-order valence-corrected chi connectivity index (χ0v) is 16.4. The SMILES string of the molecule is CC1CCCC(OCC(=O)Nc2cc(Cl)ccc2Sc2nnnn2C)C1. The molecule has 2 unspecified atom stereocenters. The molecule has 1 amide bonds. The van der Waals surface area contributed by atoms with Crippen molar-refractivity contribution in [2.75, 3.05) is 11.9 Å². The number of ether oxygens (including phenoxy) is 1. The van der Waals surface area contributed by atoms with Gasteiger partial charge in [0.15, 0.2) is 0 Å². The number of halogens is 1. The number of rotatable bonds is 6. The fourth-order valence-corrected chi connectivity index (χ4v) is 3.98. The Kier molecular flexibility index (Phi) is 6.50. The van der Waals surface area contributed by atoms with Crippen molar-refractivity contribution >= 4 is 35.0 Å². The van der Waals surface area contributed by atoms with Crippen LogP contribution in [-0.4, -0.2) is 38.8 Å². The van der Waals surface area contributed by atoms with Gasteiger partial charge in [0, 0.05) is 17.0 Å². The zero-order chi connectivity index (χ0) is 18.5. The summed E-state index contributed by atoms with van der Waals surface area (Å²) in [6.45, 7) is 2.27. The molecular formula is C17H22ClN5O2S. The molecule has 1 aliphatic carbocycles. The lowest BCUT2D eigenvalue weighted by atomic mass is 9.89. The van der Waals surface area contributed by atoms with Gasteiger partial charge >= 0.3 is 0 Å². The van der Waals surface area contributed by atoms with Gasteiger partial charge in [-0.25, -0.2) is 4.68 Å². The highest BCUT2D eigenvalue weighted by Gasteiger charge is 2.20. The predicted molar refractivity (Wildman–Crippen MR) is 100 cm³/mol. The van der Waals surface area contributed by atoms with Crippen LogP contribution in [0, 0.1) is 5.92 Å². The summed E-state index contributed by atoms with van der Waals surface area (Å²) >= 11 is 7.45. The molecule has 0 bridgehead atoms. The number of nitrogens with one attached hydrogen (secondary N) is 1. The molecule has 0 spiro atoms. The molecule has 26 heavy (non-hydrogen) atoms. The first-order valence-electron chi connectivity index (χ1n) is 8.62. The second kappa shape index (κ2) is 8.83. The number of carbonyl (C=O) groups is 1. The quantitative estimate of drug-likeness (QED) is 0.805. The molecule has 0 aliphatic heterocycles. The van der Waals surface area contributed by atoms with Crippen molar-refractivity contribution in [3.8, 4) is 0 Å². The lowest BCUT2D eigenvalue weighted by molar-refractivity contribution is -0.123. The topological polar surface area (TPSA) is 81.9 Å². The number of amides is 1. The summed E-state index contributed by atoms with van der Waals surface area (Å²) < 4.78 is 7.36. The van der Waals surface area contributed by atoms with Gasteiger partial charge in [0.2, 0.25) is 11.1 Å². The summed E-state index contributed by atoms with van der Waals surface area (Å²) in [4.78, 5) is 13.1. The molecule has 1 N–H and O–H groups in total. The van der Waals surface area contributed by atoms with Gasteiger partial charge in [-0.15, -0.1) is 5.10 Å². The van der Waals surface area contributed by atoms with Crippen molar-refractivity contribution in [1.82, 2.24) is 20.2 Å². The lowest BCUT2D eigenvalue weighted by Gasteiger charge is -2.26. The van der Waals surface area contributed by atoms with Crippen molar-refractivity contribution in [1.29, 1.82) is 0 Å². The molecule has 3 rings (SSSR count). The Bertz CT molecular complexity index is 769. The van der Waals surface area contributed by atoms with Crippen LogP contribution in [0.4, 0.5) is 5.69 Å². The van der Waals surface area contributed by atoms with Crippen molar-refractivity contribution in [2.45, 2.75) is 48.8 Å². The van der Waals surface area contributed by atoms with Crippen LogP contribution in [0.15, 0.2) is 28.3 Å². The Morgan fingerprint density at radius 3 is 3.04 bits per heavy atom. The van der Waals surface area contributed by atoms with E-state index in [2.05, 4.69) is 27.8 Å². The Hall–Kier alpha value is -1.64. The maximum atomic E-state index is 12.3. The van der Waals surface area contributed by atoms with Crippen LogP contribution in [0.25, 0.3) is 0 Å². The highest BCUT2D eigenvalue weighted by atomic mass is 35.5. The van der Waals surface area contributed by atoms with Crippen LogP contribution in [0.3, 0.4) is 0 Å². The monoisotopic (exact) mass is 395 g/mol. The van der Waals surface area contributed by atoms with Crippen molar-refractivity contribution in [2.24, 2.45) is 13.0 Å². The first-order valence-corrected chi connectivity index (χ1v) is 9.82. The minimum Gasteiger partial charge on any atom is -0.368 e. The Morgan fingerprint density at radius 2 is 2.31 bits per heavy atom. The van der Waals surface area contributed by atoms with E-state index in [4.69, 9.17) is 16.3 Å². The molecule has 0 saturated heterocycles. The van der Waals surface area contributed by atoms with Crippen LogP contribution in [0.1, 0.15) is 32.6 Å². The molecule has 140 valence electrons. The average molecular weight is 396 g/mol. The Labute approximate surface area is 161 Å². The third-order valence-electron chi connectivity index (χ3n) is 4.34. The van der Waals surface area contributed by atoms with Gasteiger partial charge in [-0.3, -0.25) is 4.79 Å². The smallest absolute Gasteiger partial charge is 0.250 e. The first kappa shape index (κ1) is 19.1. The van der Waals surface area contributed by atoms with E-state index in [1.54, 1.807) is 23.9 Å². The number of aryl methyl sites for hydroxylation is 1. The number of tetrazole rings is 1. The largest absolute Gasteiger partial charge is 0.368 e. The lowest BCUT2D eigenvalue weighted by Crippen LogP contribution is -2.27.